The number of hydrogen-bond acceptors (Lipinski definition) is 23. The summed E-state index contributed by atoms with van der Waals surface area (Å²) >= 11 is 0.952. The monoisotopic (exact) mass is 1200 g/mol. The van der Waals surface area contributed by atoms with Crippen LogP contribution in [0.15, 0.2) is 145 Å². The number of benzene rings is 6. The zero-order chi connectivity index (χ0) is 56.4. The number of phenols is 1. The molecule has 0 atom stereocenters. The van der Waals surface area contributed by atoms with Crippen molar-refractivity contribution in [2.24, 2.45) is 30.7 Å². The van der Waals surface area contributed by atoms with Gasteiger partial charge < -0.3 is 9.84 Å². The van der Waals surface area contributed by atoms with E-state index in [9.17, 15) is 87.7 Å². The first kappa shape index (κ1) is 55.8. The highest BCUT2D eigenvalue weighted by molar-refractivity contribution is 7.87. The van der Waals surface area contributed by atoms with Crippen LogP contribution in [-0.2, 0) is 60.7 Å². The zero-order valence-corrected chi connectivity index (χ0v) is 43.7. The van der Waals surface area contributed by atoms with Crippen LogP contribution in [0.4, 0.5) is 33.6 Å². The molecule has 2 heterocycles. The normalized spacial score (nSPS) is 13.3. The highest BCUT2D eigenvalue weighted by Gasteiger charge is 2.28. The Balaban J connectivity index is 1.13. The second-order valence-electron chi connectivity index (χ2n) is 15.9. The van der Waals surface area contributed by atoms with Crippen LogP contribution in [0, 0.1) is 6.92 Å². The SMILES string of the molecule is Cc1cc(N=Nc2ccc3c(S(=O)(=O)O)c(N=Nc4c[nH]n(-c5cc(S(=O)(=O)O)c6cc(S(=O)(=O)O)cc(S(=O)(=O)O)c6c5)c4=O)ccc3c2O)c(OCCCS(=O)(=O)O)cc1N=Nc1nc2c(S(=O)(=O)O)cccc2s1. The van der Waals surface area contributed by atoms with Gasteiger partial charge in [-0.15, -0.1) is 30.7 Å². The number of azo groups is 3. The molecule has 8 aromatic rings. The molecule has 404 valence electrons. The van der Waals surface area contributed by atoms with E-state index in [-0.39, 0.29) is 63.3 Å². The van der Waals surface area contributed by atoms with E-state index in [1.165, 1.54) is 18.2 Å². The fourth-order valence-electron chi connectivity index (χ4n) is 7.32. The van der Waals surface area contributed by atoms with Crippen molar-refractivity contribution in [2.45, 2.75) is 37.8 Å². The van der Waals surface area contributed by atoms with Crippen molar-refractivity contribution in [2.75, 3.05) is 12.4 Å². The zero-order valence-electron chi connectivity index (χ0n) is 38.0. The van der Waals surface area contributed by atoms with Crippen molar-refractivity contribution in [3.63, 3.8) is 0 Å². The van der Waals surface area contributed by atoms with Crippen LogP contribution in [-0.4, -0.2) is 110 Å². The molecule has 0 spiro atoms. The summed E-state index contributed by atoms with van der Waals surface area (Å²) in [6.45, 7) is 1.27. The first-order chi connectivity index (χ1) is 35.7. The molecule has 37 heteroatoms. The van der Waals surface area contributed by atoms with Crippen LogP contribution in [0.25, 0.3) is 37.4 Å². The third-order valence-electron chi connectivity index (χ3n) is 10.7. The van der Waals surface area contributed by atoms with Crippen LogP contribution in [0.5, 0.6) is 11.5 Å². The van der Waals surface area contributed by atoms with Gasteiger partial charge in [-0.3, -0.25) is 37.2 Å². The van der Waals surface area contributed by atoms with Gasteiger partial charge in [0.2, 0.25) is 5.13 Å². The van der Waals surface area contributed by atoms with E-state index in [2.05, 4.69) is 40.8 Å². The third-order valence-corrected chi connectivity index (χ3v) is 16.8. The molecule has 30 nitrogen and oxygen atoms in total. The quantitative estimate of drug-likeness (QED) is 0.0253. The lowest BCUT2D eigenvalue weighted by Crippen LogP contribution is -2.15. The number of aryl methyl sites for hydroxylation is 1. The Morgan fingerprint density at radius 1 is 0.597 bits per heavy atom. The van der Waals surface area contributed by atoms with Crippen molar-refractivity contribution >= 4 is 137 Å². The van der Waals surface area contributed by atoms with Crippen molar-refractivity contribution in [1.29, 1.82) is 0 Å². The van der Waals surface area contributed by atoms with Crippen LogP contribution in [0.1, 0.15) is 12.0 Å². The number of ether oxygens (including phenoxy) is 1. The summed E-state index contributed by atoms with van der Waals surface area (Å²) in [6.07, 6.45) is 0.645. The number of aromatic hydroxyl groups is 1. The van der Waals surface area contributed by atoms with Gasteiger partial charge in [-0.25, -0.2) is 9.67 Å². The summed E-state index contributed by atoms with van der Waals surface area (Å²) in [4.78, 5) is 12.7. The summed E-state index contributed by atoms with van der Waals surface area (Å²) in [5.41, 5.74) is -2.94. The molecule has 0 aliphatic rings. The van der Waals surface area contributed by atoms with Gasteiger partial charge in [0.15, 0.2) is 11.4 Å². The smallest absolute Gasteiger partial charge is 0.298 e. The van der Waals surface area contributed by atoms with Gasteiger partial charge in [0.1, 0.15) is 47.9 Å². The van der Waals surface area contributed by atoms with Crippen molar-refractivity contribution in [3.8, 4) is 17.2 Å². The maximum atomic E-state index is 13.6. The minimum Gasteiger partial charge on any atom is -0.505 e. The number of rotatable bonds is 17. The Morgan fingerprint density at radius 2 is 1.19 bits per heavy atom. The fraction of sp³-hybridized carbons (Fsp3) is 0.100. The second kappa shape index (κ2) is 20.2. The molecule has 0 saturated carbocycles. The number of hydrogen-bond donors (Lipinski definition) is 8. The molecule has 8 N–H and O–H groups in total. The Bertz CT molecular complexity index is 4690. The Labute approximate surface area is 436 Å². The molecule has 0 amide bonds. The minimum atomic E-state index is -5.42. The van der Waals surface area contributed by atoms with Crippen molar-refractivity contribution in [3.05, 3.63) is 101 Å². The molecule has 0 saturated heterocycles. The Hall–Kier alpha value is -7.40. The third kappa shape index (κ3) is 12.1. The molecular weight excluding hydrogens is 1170 g/mol. The van der Waals surface area contributed by atoms with Gasteiger partial charge in [-0.1, -0.05) is 23.5 Å². The number of H-pyrrole nitrogens is 1. The minimum absolute atomic E-state index is 0.00751. The van der Waals surface area contributed by atoms with Gasteiger partial charge in [0.05, 0.1) is 39.5 Å². The number of aromatic amines is 1. The summed E-state index contributed by atoms with van der Waals surface area (Å²) in [5.74, 6) is -1.46. The Kier molecular flexibility index (Phi) is 14.6. The lowest BCUT2D eigenvalue weighted by atomic mass is 10.1. The molecule has 0 bridgehead atoms. The van der Waals surface area contributed by atoms with E-state index >= 15 is 0 Å². The summed E-state index contributed by atoms with van der Waals surface area (Å²) < 4.78 is 211. The fourth-order valence-corrected chi connectivity index (χ4v) is 12.2. The predicted molar refractivity (Wildman–Crippen MR) is 268 cm³/mol. The standard InChI is InChI=1S/C40H31N9O21S7/c1-19-12-29(31(70-10-3-11-72(52,53)54)17-28(19)45-48-40-42-36-32(71-40)4-2-5-33(36)74(58,59)60)46-43-26-8-7-23-22(37(26)50)6-9-27(38(23)77(67,68)69)44-47-30-18-41-49(39(30)51)20-13-24-25(34(14-20)75(61,62)63)15-21(73(55,56)57)16-35(24)76(64,65)66/h2,4-9,12-18,41,50H,3,10-11H2,1H3,(H,52,53,54)(H,55,56,57)(H,58,59,60)(H,61,62,63)(H,64,65,66)(H,67,68,69). The van der Waals surface area contributed by atoms with Crippen LogP contribution < -0.4 is 10.3 Å². The van der Waals surface area contributed by atoms with Crippen LogP contribution >= 0.6 is 11.3 Å². The largest absolute Gasteiger partial charge is 0.505 e. The molecule has 0 fully saturated rings. The van der Waals surface area contributed by atoms with E-state index in [1.54, 1.807) is 13.0 Å². The van der Waals surface area contributed by atoms with E-state index in [0.29, 0.717) is 27.1 Å². The molecule has 6 aromatic carbocycles. The maximum absolute atomic E-state index is 13.6. The molecule has 8 rings (SSSR count). The summed E-state index contributed by atoms with van der Waals surface area (Å²) in [7, 11) is -30.4. The topological polar surface area (TPSA) is 481 Å². The first-order valence-electron chi connectivity index (χ1n) is 20.7. The lowest BCUT2D eigenvalue weighted by molar-refractivity contribution is 0.317. The number of nitrogens with one attached hydrogen (secondary N) is 1. The average Bonchev–Trinajstić information content (AvgIpc) is 3.95. The van der Waals surface area contributed by atoms with Gasteiger partial charge in [0, 0.05) is 27.6 Å². The Morgan fingerprint density at radius 3 is 1.84 bits per heavy atom. The second-order valence-corrected chi connectivity index (χ2v) is 25.4. The number of thiazole rings is 1. The van der Waals surface area contributed by atoms with Crippen molar-refractivity contribution < 1.29 is 87.7 Å². The average molecular weight is 1200 g/mol. The number of para-hydroxylation sites is 1. The lowest BCUT2D eigenvalue weighted by Gasteiger charge is -2.12. The van der Waals surface area contributed by atoms with E-state index in [4.69, 9.17) is 4.74 Å². The van der Waals surface area contributed by atoms with E-state index in [1.807, 2.05) is 0 Å². The molecule has 0 radical (unpaired) electrons. The number of nitrogens with zero attached hydrogens (tertiary/aromatic N) is 8. The van der Waals surface area contributed by atoms with E-state index < -0.39 is 130 Å². The van der Waals surface area contributed by atoms with Crippen LogP contribution in [0.3, 0.4) is 0 Å². The molecule has 77 heavy (non-hydrogen) atoms. The van der Waals surface area contributed by atoms with E-state index in [0.717, 1.165) is 53.9 Å². The molecule has 0 unspecified atom stereocenters. The van der Waals surface area contributed by atoms with Crippen molar-refractivity contribution in [1.82, 2.24) is 14.8 Å². The first-order valence-corrected chi connectivity index (χ1v) is 30.3. The maximum Gasteiger partial charge on any atom is 0.298 e. The number of aromatic nitrogens is 3. The molecule has 0 aliphatic heterocycles. The highest BCUT2D eigenvalue weighted by Crippen LogP contribution is 2.44. The van der Waals surface area contributed by atoms with Gasteiger partial charge in [-0.05, 0) is 79.6 Å². The van der Waals surface area contributed by atoms with Gasteiger partial charge >= 0.3 is 0 Å². The molecule has 2 aromatic heterocycles. The van der Waals surface area contributed by atoms with Gasteiger partial charge in [-0.2, -0.15) is 50.5 Å². The highest BCUT2D eigenvalue weighted by atomic mass is 32.2. The molecule has 0 aliphatic carbocycles. The number of fused-ring (bicyclic) bond motifs is 3. The predicted octanol–water partition coefficient (Wildman–Crippen LogP) is 7.23. The summed E-state index contributed by atoms with van der Waals surface area (Å²) in [5, 5.41) is 35.5. The van der Waals surface area contributed by atoms with Crippen LogP contribution in [0.2, 0.25) is 0 Å². The summed E-state index contributed by atoms with van der Waals surface area (Å²) in [6, 6.07) is 13.2. The number of phenolic OH excluding ortho intramolecular Hbond substituents is 1. The molecular formula is C40H31N9O21S7. The van der Waals surface area contributed by atoms with Gasteiger partial charge in [0.25, 0.3) is 66.3 Å².